The summed E-state index contributed by atoms with van der Waals surface area (Å²) in [6.45, 7) is 3.77. The first kappa shape index (κ1) is 13.4. The van der Waals surface area contributed by atoms with E-state index < -0.39 is 0 Å². The molecule has 0 N–H and O–H groups in total. The zero-order valence-electron chi connectivity index (χ0n) is 10.5. The molecule has 0 atom stereocenters. The smallest absolute Gasteiger partial charge is 0.231 e. The highest BCUT2D eigenvalue weighted by Crippen LogP contribution is 2.22. The van der Waals surface area contributed by atoms with E-state index in [4.69, 9.17) is 10.00 Å². The van der Waals surface area contributed by atoms with Gasteiger partial charge < -0.3 is 4.74 Å². The fraction of sp³-hybridized carbons (Fsp3) is 0.231. The van der Waals surface area contributed by atoms with Crippen molar-refractivity contribution in [3.05, 3.63) is 34.7 Å². The normalized spacial score (nSPS) is 10.3. The van der Waals surface area contributed by atoms with Gasteiger partial charge in [0, 0.05) is 24.2 Å². The molecule has 0 bridgehead atoms. The minimum atomic E-state index is -0.0330. The molecule has 0 aliphatic carbocycles. The number of hydrogen-bond acceptors (Lipinski definition) is 5. The molecule has 0 saturated heterocycles. The number of ether oxygens (including phenoxy) is 1. The molecule has 2 heterocycles. The van der Waals surface area contributed by atoms with Gasteiger partial charge in [0.05, 0.1) is 10.6 Å². The molecular weight excluding hydrogens is 308 g/mol. The van der Waals surface area contributed by atoms with Crippen molar-refractivity contribution >= 4 is 15.9 Å². The summed E-state index contributed by atoms with van der Waals surface area (Å²) in [5, 5.41) is 9.13. The first-order valence-corrected chi connectivity index (χ1v) is 6.44. The van der Waals surface area contributed by atoms with Gasteiger partial charge in [-0.3, -0.25) is 0 Å². The van der Waals surface area contributed by atoms with E-state index in [0.29, 0.717) is 22.8 Å². The number of aromatic nitrogens is 3. The number of nitrogens with zero attached hydrogens (tertiary/aromatic N) is 4. The van der Waals surface area contributed by atoms with E-state index in [1.807, 2.05) is 13.8 Å². The molecule has 0 unspecified atom stereocenters. The highest BCUT2D eigenvalue weighted by Gasteiger charge is 2.10. The first-order valence-electron chi connectivity index (χ1n) is 5.65. The summed E-state index contributed by atoms with van der Waals surface area (Å²) in [5.41, 5.74) is 1.05. The zero-order valence-corrected chi connectivity index (χ0v) is 12.0. The van der Waals surface area contributed by atoms with Gasteiger partial charge in [0.1, 0.15) is 11.6 Å². The molecule has 5 nitrogen and oxygen atoms in total. The SMILES string of the molecule is CC(C)Oc1ncc(-c2ncc(Br)cn2)cc1C#N. The maximum atomic E-state index is 9.13. The number of pyridine rings is 1. The lowest BCUT2D eigenvalue weighted by atomic mass is 10.2. The predicted octanol–water partition coefficient (Wildman–Crippen LogP) is 2.96. The second-order valence-corrected chi connectivity index (χ2v) is 5.00. The molecule has 0 aliphatic heterocycles. The summed E-state index contributed by atoms with van der Waals surface area (Å²) in [7, 11) is 0. The van der Waals surface area contributed by atoms with E-state index in [9.17, 15) is 0 Å². The van der Waals surface area contributed by atoms with Crippen LogP contribution in [-0.4, -0.2) is 21.1 Å². The van der Waals surface area contributed by atoms with E-state index in [1.54, 1.807) is 24.7 Å². The van der Waals surface area contributed by atoms with E-state index in [0.717, 1.165) is 4.47 Å². The van der Waals surface area contributed by atoms with Crippen LogP contribution in [0.25, 0.3) is 11.4 Å². The first-order chi connectivity index (χ1) is 9.10. The van der Waals surface area contributed by atoms with Crippen LogP contribution >= 0.6 is 15.9 Å². The molecule has 0 aromatic carbocycles. The monoisotopic (exact) mass is 318 g/mol. The second-order valence-electron chi connectivity index (χ2n) is 4.08. The zero-order chi connectivity index (χ0) is 13.8. The molecule has 19 heavy (non-hydrogen) atoms. The molecule has 0 aliphatic rings. The number of halogens is 1. The van der Waals surface area contributed by atoms with E-state index in [1.165, 1.54) is 0 Å². The van der Waals surface area contributed by atoms with Crippen LogP contribution < -0.4 is 4.74 Å². The van der Waals surface area contributed by atoms with Gasteiger partial charge in [-0.2, -0.15) is 5.26 Å². The van der Waals surface area contributed by atoms with Crippen molar-refractivity contribution in [2.75, 3.05) is 0 Å². The quantitative estimate of drug-likeness (QED) is 0.870. The highest BCUT2D eigenvalue weighted by atomic mass is 79.9. The fourth-order valence-corrected chi connectivity index (χ4v) is 1.64. The van der Waals surface area contributed by atoms with Crippen molar-refractivity contribution in [2.24, 2.45) is 0 Å². The number of nitriles is 1. The maximum absolute atomic E-state index is 9.13. The molecule has 0 amide bonds. The van der Waals surface area contributed by atoms with Gasteiger partial charge in [0.2, 0.25) is 5.88 Å². The molecule has 0 saturated carbocycles. The van der Waals surface area contributed by atoms with Gasteiger partial charge in [-0.1, -0.05) is 0 Å². The van der Waals surface area contributed by atoms with Gasteiger partial charge in [-0.25, -0.2) is 15.0 Å². The second kappa shape index (κ2) is 5.76. The van der Waals surface area contributed by atoms with Crippen LogP contribution in [-0.2, 0) is 0 Å². The molecular formula is C13H11BrN4O. The Hall–Kier alpha value is -2.00. The van der Waals surface area contributed by atoms with E-state index >= 15 is 0 Å². The Balaban J connectivity index is 2.39. The van der Waals surface area contributed by atoms with Crippen molar-refractivity contribution in [3.63, 3.8) is 0 Å². The Kier molecular flexibility index (Phi) is 4.07. The Morgan fingerprint density at radius 1 is 1.21 bits per heavy atom. The minimum Gasteiger partial charge on any atom is -0.474 e. The summed E-state index contributed by atoms with van der Waals surface area (Å²) in [4.78, 5) is 12.5. The fourth-order valence-electron chi connectivity index (χ4n) is 1.43. The minimum absolute atomic E-state index is 0.0330. The standard InChI is InChI=1S/C13H11BrN4O/c1-8(2)19-13-9(4-15)3-10(5-18-13)12-16-6-11(14)7-17-12/h3,5-8H,1-2H3. The van der Waals surface area contributed by atoms with Crippen molar-refractivity contribution in [2.45, 2.75) is 20.0 Å². The lowest BCUT2D eigenvalue weighted by Crippen LogP contribution is -2.08. The Bertz CT molecular complexity index is 620. The van der Waals surface area contributed by atoms with Gasteiger partial charge >= 0.3 is 0 Å². The molecule has 0 fully saturated rings. The van der Waals surface area contributed by atoms with Gasteiger partial charge in [-0.15, -0.1) is 0 Å². The van der Waals surface area contributed by atoms with Crippen LogP contribution in [0.2, 0.25) is 0 Å². The van der Waals surface area contributed by atoms with Crippen molar-refractivity contribution in [1.29, 1.82) is 5.26 Å². The lowest BCUT2D eigenvalue weighted by molar-refractivity contribution is 0.232. The van der Waals surface area contributed by atoms with Crippen LogP contribution in [0.1, 0.15) is 19.4 Å². The Morgan fingerprint density at radius 3 is 2.47 bits per heavy atom. The molecule has 6 heteroatoms. The largest absolute Gasteiger partial charge is 0.474 e. The summed E-state index contributed by atoms with van der Waals surface area (Å²) in [5.74, 6) is 0.849. The molecule has 2 aromatic rings. The van der Waals surface area contributed by atoms with Crippen LogP contribution in [0, 0.1) is 11.3 Å². The van der Waals surface area contributed by atoms with Crippen LogP contribution in [0.3, 0.4) is 0 Å². The number of hydrogen-bond donors (Lipinski definition) is 0. The molecule has 96 valence electrons. The van der Waals surface area contributed by atoms with Gasteiger partial charge in [-0.05, 0) is 35.8 Å². The summed E-state index contributed by atoms with van der Waals surface area (Å²) < 4.78 is 6.26. The Labute approximate surface area is 119 Å². The van der Waals surface area contributed by atoms with E-state index in [2.05, 4.69) is 37.0 Å². The average molecular weight is 319 g/mol. The predicted molar refractivity (Wildman–Crippen MR) is 73.4 cm³/mol. The van der Waals surface area contributed by atoms with Crippen LogP contribution in [0.5, 0.6) is 5.88 Å². The molecule has 2 rings (SSSR count). The average Bonchev–Trinajstić information content (AvgIpc) is 2.39. The van der Waals surface area contributed by atoms with Gasteiger partial charge in [0.15, 0.2) is 5.82 Å². The summed E-state index contributed by atoms with van der Waals surface area (Å²) >= 11 is 3.27. The number of rotatable bonds is 3. The summed E-state index contributed by atoms with van der Waals surface area (Å²) in [6, 6.07) is 3.74. The topological polar surface area (TPSA) is 71.7 Å². The molecule has 2 aromatic heterocycles. The van der Waals surface area contributed by atoms with Crippen molar-refractivity contribution in [1.82, 2.24) is 15.0 Å². The van der Waals surface area contributed by atoms with E-state index in [-0.39, 0.29) is 6.10 Å². The molecule has 0 radical (unpaired) electrons. The third kappa shape index (κ3) is 3.26. The summed E-state index contributed by atoms with van der Waals surface area (Å²) in [6.07, 6.45) is 4.86. The van der Waals surface area contributed by atoms with Crippen molar-refractivity contribution in [3.8, 4) is 23.3 Å². The third-order valence-corrected chi connectivity index (χ3v) is 2.61. The Morgan fingerprint density at radius 2 is 1.89 bits per heavy atom. The molecule has 0 spiro atoms. The third-order valence-electron chi connectivity index (χ3n) is 2.20. The highest BCUT2D eigenvalue weighted by molar-refractivity contribution is 9.10. The van der Waals surface area contributed by atoms with Gasteiger partial charge in [0.25, 0.3) is 0 Å². The van der Waals surface area contributed by atoms with Crippen LogP contribution in [0.4, 0.5) is 0 Å². The lowest BCUT2D eigenvalue weighted by Gasteiger charge is -2.10. The van der Waals surface area contributed by atoms with Crippen molar-refractivity contribution < 1.29 is 4.74 Å². The van der Waals surface area contributed by atoms with Crippen LogP contribution in [0.15, 0.2) is 29.1 Å². The maximum Gasteiger partial charge on any atom is 0.231 e.